The number of nitrogen functional groups attached to an aromatic ring is 1. The second kappa shape index (κ2) is 4.68. The van der Waals surface area contributed by atoms with E-state index in [0.717, 1.165) is 28.8 Å². The minimum Gasteiger partial charge on any atom is -0.382 e. The van der Waals surface area contributed by atoms with Crippen molar-refractivity contribution in [3.8, 4) is 0 Å². The van der Waals surface area contributed by atoms with Crippen molar-refractivity contribution < 1.29 is 0 Å². The number of aromatic nitrogens is 4. The summed E-state index contributed by atoms with van der Waals surface area (Å²) in [6.45, 7) is 2.99. The number of fused-ring (bicyclic) bond motifs is 1. The highest BCUT2D eigenvalue weighted by Crippen LogP contribution is 2.22. The van der Waals surface area contributed by atoms with Crippen LogP contribution in [0, 0.1) is 0 Å². The predicted molar refractivity (Wildman–Crippen MR) is 74.7 cm³/mol. The van der Waals surface area contributed by atoms with Crippen LogP contribution < -0.4 is 5.73 Å². The van der Waals surface area contributed by atoms with Gasteiger partial charge < -0.3 is 10.3 Å². The van der Waals surface area contributed by atoms with Crippen molar-refractivity contribution in [3.63, 3.8) is 0 Å². The molecule has 5 heteroatoms. The van der Waals surface area contributed by atoms with Gasteiger partial charge in [0.25, 0.3) is 0 Å². The van der Waals surface area contributed by atoms with Gasteiger partial charge in [0.2, 0.25) is 0 Å². The van der Waals surface area contributed by atoms with E-state index in [2.05, 4.69) is 26.7 Å². The molecule has 0 fully saturated rings. The number of hydrogen-bond donors (Lipinski definition) is 1. The lowest BCUT2D eigenvalue weighted by Gasteiger charge is -2.07. The molecule has 0 aliphatic heterocycles. The van der Waals surface area contributed by atoms with Crippen molar-refractivity contribution in [1.82, 2.24) is 19.7 Å². The smallest absolute Gasteiger partial charge is 0.153 e. The highest BCUT2D eigenvalue weighted by atomic mass is 15.1. The van der Waals surface area contributed by atoms with Gasteiger partial charge in [-0.05, 0) is 6.92 Å². The van der Waals surface area contributed by atoms with Crippen LogP contribution in [0.1, 0.15) is 18.4 Å². The molecule has 0 bridgehead atoms. The molecule has 3 rings (SSSR count). The lowest BCUT2D eigenvalue weighted by Crippen LogP contribution is -2.06. The zero-order valence-electron chi connectivity index (χ0n) is 10.7. The van der Waals surface area contributed by atoms with Crippen LogP contribution in [-0.2, 0) is 13.0 Å². The van der Waals surface area contributed by atoms with Crippen molar-refractivity contribution in [2.75, 3.05) is 5.73 Å². The number of nitrogens with two attached hydrogens (primary N) is 1. The average Bonchev–Trinajstić information content (AvgIpc) is 2.89. The van der Waals surface area contributed by atoms with E-state index in [0.29, 0.717) is 12.2 Å². The van der Waals surface area contributed by atoms with E-state index in [9.17, 15) is 0 Å². The third kappa shape index (κ3) is 2.03. The molecule has 0 aliphatic rings. The molecule has 19 heavy (non-hydrogen) atoms. The minimum absolute atomic E-state index is 0.471. The molecule has 5 nitrogen and oxygen atoms in total. The Morgan fingerprint density at radius 1 is 1.16 bits per heavy atom. The second-order valence-corrected chi connectivity index (χ2v) is 4.38. The number of anilines is 1. The van der Waals surface area contributed by atoms with Crippen molar-refractivity contribution >= 4 is 16.6 Å². The van der Waals surface area contributed by atoms with Crippen molar-refractivity contribution in [2.45, 2.75) is 19.9 Å². The summed E-state index contributed by atoms with van der Waals surface area (Å²) in [6.07, 6.45) is 4.45. The number of rotatable bonds is 3. The monoisotopic (exact) mass is 253 g/mol. The molecule has 0 amide bonds. The lowest BCUT2D eigenvalue weighted by atomic mass is 10.1. The highest BCUT2D eigenvalue weighted by molar-refractivity contribution is 5.92. The van der Waals surface area contributed by atoms with Gasteiger partial charge in [0, 0.05) is 29.7 Å². The van der Waals surface area contributed by atoms with Crippen molar-refractivity contribution in [1.29, 1.82) is 0 Å². The number of imidazole rings is 1. The summed E-state index contributed by atoms with van der Waals surface area (Å²) in [5.41, 5.74) is 6.77. The molecular formula is C14H15N5. The van der Waals surface area contributed by atoms with Crippen LogP contribution in [0.5, 0.6) is 0 Å². The molecule has 3 aromatic rings. The Labute approximate surface area is 111 Å². The normalized spacial score (nSPS) is 11.0. The van der Waals surface area contributed by atoms with Crippen LogP contribution in [0.2, 0.25) is 0 Å². The first-order valence-corrected chi connectivity index (χ1v) is 6.29. The molecule has 1 aromatic carbocycles. The van der Waals surface area contributed by atoms with Crippen LogP contribution in [0.3, 0.4) is 0 Å². The molecule has 0 saturated carbocycles. The molecule has 2 aromatic heterocycles. The maximum atomic E-state index is 5.86. The minimum atomic E-state index is 0.471. The van der Waals surface area contributed by atoms with E-state index >= 15 is 0 Å². The first kappa shape index (κ1) is 11.6. The SMILES string of the molecule is CCn1ccnc1Cc1nnc(N)c2ccccc12. The van der Waals surface area contributed by atoms with Crippen molar-refractivity contribution in [3.05, 3.63) is 48.2 Å². The molecule has 0 saturated heterocycles. The highest BCUT2D eigenvalue weighted by Gasteiger charge is 2.10. The summed E-state index contributed by atoms with van der Waals surface area (Å²) < 4.78 is 2.10. The molecular weight excluding hydrogens is 238 g/mol. The second-order valence-electron chi connectivity index (χ2n) is 4.38. The van der Waals surface area contributed by atoms with Gasteiger partial charge in [-0.1, -0.05) is 24.3 Å². The van der Waals surface area contributed by atoms with Crippen LogP contribution in [0.4, 0.5) is 5.82 Å². The quantitative estimate of drug-likeness (QED) is 0.775. The topological polar surface area (TPSA) is 69.6 Å². The largest absolute Gasteiger partial charge is 0.382 e. The zero-order chi connectivity index (χ0) is 13.2. The molecule has 2 heterocycles. The lowest BCUT2D eigenvalue weighted by molar-refractivity contribution is 0.707. The van der Waals surface area contributed by atoms with Gasteiger partial charge in [-0.3, -0.25) is 0 Å². The molecule has 0 atom stereocenters. The van der Waals surface area contributed by atoms with Gasteiger partial charge in [-0.25, -0.2) is 4.98 Å². The Morgan fingerprint density at radius 2 is 1.95 bits per heavy atom. The van der Waals surface area contributed by atoms with Crippen LogP contribution in [-0.4, -0.2) is 19.7 Å². The maximum absolute atomic E-state index is 5.86. The van der Waals surface area contributed by atoms with E-state index < -0.39 is 0 Å². The van der Waals surface area contributed by atoms with E-state index in [4.69, 9.17) is 5.73 Å². The molecule has 0 aliphatic carbocycles. The summed E-state index contributed by atoms with van der Waals surface area (Å²) in [5.74, 6) is 1.46. The molecule has 0 unspecified atom stereocenters. The first-order valence-electron chi connectivity index (χ1n) is 6.29. The van der Waals surface area contributed by atoms with Gasteiger partial charge in [-0.2, -0.15) is 5.10 Å². The van der Waals surface area contributed by atoms with Gasteiger partial charge in [0.05, 0.1) is 12.1 Å². The Balaban J connectivity index is 2.09. The summed E-state index contributed by atoms with van der Waals surface area (Å²) >= 11 is 0. The van der Waals surface area contributed by atoms with E-state index in [1.807, 2.05) is 36.7 Å². The average molecular weight is 253 g/mol. The van der Waals surface area contributed by atoms with E-state index in [-0.39, 0.29) is 0 Å². The van der Waals surface area contributed by atoms with E-state index in [1.54, 1.807) is 0 Å². The van der Waals surface area contributed by atoms with Gasteiger partial charge in [-0.15, -0.1) is 5.10 Å². The fourth-order valence-electron chi connectivity index (χ4n) is 2.26. The summed E-state index contributed by atoms with van der Waals surface area (Å²) in [5, 5.41) is 10.3. The zero-order valence-corrected chi connectivity index (χ0v) is 10.7. The number of hydrogen-bond acceptors (Lipinski definition) is 4. The predicted octanol–water partition coefficient (Wildman–Crippen LogP) is 2.02. The van der Waals surface area contributed by atoms with Crippen molar-refractivity contribution in [2.24, 2.45) is 0 Å². The Hall–Kier alpha value is -2.43. The van der Waals surface area contributed by atoms with Gasteiger partial charge in [0.15, 0.2) is 5.82 Å². The Bertz CT molecular complexity index is 717. The Kier molecular flexibility index (Phi) is 2.87. The van der Waals surface area contributed by atoms with Gasteiger partial charge in [0.1, 0.15) is 5.82 Å². The van der Waals surface area contributed by atoms with E-state index in [1.165, 1.54) is 0 Å². The van der Waals surface area contributed by atoms with Gasteiger partial charge >= 0.3 is 0 Å². The molecule has 96 valence electrons. The number of aryl methyl sites for hydroxylation is 1. The fraction of sp³-hybridized carbons (Fsp3) is 0.214. The molecule has 0 spiro atoms. The van der Waals surface area contributed by atoms with Crippen LogP contribution in [0.15, 0.2) is 36.7 Å². The summed E-state index contributed by atoms with van der Waals surface area (Å²) in [7, 11) is 0. The fourth-order valence-corrected chi connectivity index (χ4v) is 2.26. The number of benzene rings is 1. The molecule has 2 N–H and O–H groups in total. The number of nitrogens with zero attached hydrogens (tertiary/aromatic N) is 4. The standard InChI is InChI=1S/C14H15N5/c1-2-19-8-7-16-13(19)9-12-10-5-3-4-6-11(10)14(15)18-17-12/h3-8H,2,9H2,1H3,(H2,15,18). The first-order chi connectivity index (χ1) is 9.29. The maximum Gasteiger partial charge on any atom is 0.153 e. The third-order valence-electron chi connectivity index (χ3n) is 3.26. The summed E-state index contributed by atoms with van der Waals surface area (Å²) in [4.78, 5) is 4.38. The third-order valence-corrected chi connectivity index (χ3v) is 3.26. The summed E-state index contributed by atoms with van der Waals surface area (Å²) in [6, 6.07) is 7.93. The Morgan fingerprint density at radius 3 is 2.74 bits per heavy atom. The van der Waals surface area contributed by atoms with Crippen LogP contribution in [0.25, 0.3) is 10.8 Å². The van der Waals surface area contributed by atoms with Crippen LogP contribution >= 0.6 is 0 Å². The molecule has 0 radical (unpaired) electrons.